The van der Waals surface area contributed by atoms with Gasteiger partial charge in [-0.15, -0.1) is 0 Å². The highest BCUT2D eigenvalue weighted by atomic mass is 16.5. The predicted octanol–water partition coefficient (Wildman–Crippen LogP) is 1.91. The number of carbonyl (C=O) groups excluding carboxylic acids is 1. The van der Waals surface area contributed by atoms with Crippen molar-refractivity contribution in [3.63, 3.8) is 0 Å². The van der Waals surface area contributed by atoms with E-state index in [-0.39, 0.29) is 12.0 Å². The van der Waals surface area contributed by atoms with Gasteiger partial charge in [-0.2, -0.15) is 0 Å². The van der Waals surface area contributed by atoms with Crippen molar-refractivity contribution >= 4 is 11.6 Å². The van der Waals surface area contributed by atoms with Crippen molar-refractivity contribution in [3.8, 4) is 0 Å². The molecule has 0 bridgehead atoms. The molecule has 3 rings (SSSR count). The van der Waals surface area contributed by atoms with Gasteiger partial charge in [0, 0.05) is 38.0 Å². The predicted molar refractivity (Wildman–Crippen MR) is 74.6 cm³/mol. The molecule has 2 aliphatic heterocycles. The van der Waals surface area contributed by atoms with Crippen LogP contribution in [0.2, 0.25) is 0 Å². The zero-order chi connectivity index (χ0) is 13.2. The maximum Gasteiger partial charge on any atom is 0.253 e. The average Bonchev–Trinajstić information content (AvgIpc) is 3.07. The molecular weight excluding hydrogens is 240 g/mol. The van der Waals surface area contributed by atoms with Gasteiger partial charge in [-0.1, -0.05) is 0 Å². The number of hydrogen-bond donors (Lipinski definition) is 1. The molecule has 1 saturated heterocycles. The van der Waals surface area contributed by atoms with E-state index in [4.69, 9.17) is 4.74 Å². The first-order chi connectivity index (χ1) is 9.24. The molecule has 4 nitrogen and oxygen atoms in total. The summed E-state index contributed by atoms with van der Waals surface area (Å²) < 4.78 is 5.58. The van der Waals surface area contributed by atoms with Crippen molar-refractivity contribution in [2.75, 3.05) is 32.1 Å². The Morgan fingerprint density at radius 1 is 1.53 bits per heavy atom. The molecule has 1 aromatic rings. The van der Waals surface area contributed by atoms with E-state index in [2.05, 4.69) is 5.32 Å². The molecule has 102 valence electrons. The fourth-order valence-electron chi connectivity index (χ4n) is 2.83. The van der Waals surface area contributed by atoms with Gasteiger partial charge in [-0.05, 0) is 43.0 Å². The summed E-state index contributed by atoms with van der Waals surface area (Å²) in [6, 6.07) is 5.94. The SMILES string of the molecule is CN(CC1CCCO1)C(=O)c1ccc2c(c1)CCN2. The third-order valence-corrected chi connectivity index (χ3v) is 3.91. The lowest BCUT2D eigenvalue weighted by atomic mass is 10.1. The summed E-state index contributed by atoms with van der Waals surface area (Å²) in [5.41, 5.74) is 3.19. The van der Waals surface area contributed by atoms with E-state index < -0.39 is 0 Å². The molecule has 0 spiro atoms. The second kappa shape index (κ2) is 5.21. The van der Waals surface area contributed by atoms with E-state index in [1.807, 2.05) is 25.2 Å². The van der Waals surface area contributed by atoms with Gasteiger partial charge < -0.3 is 15.0 Å². The monoisotopic (exact) mass is 260 g/mol. The normalized spacial score (nSPS) is 21.0. The van der Waals surface area contributed by atoms with Gasteiger partial charge in [0.15, 0.2) is 0 Å². The molecule has 4 heteroatoms. The third kappa shape index (κ3) is 2.59. The zero-order valence-electron chi connectivity index (χ0n) is 11.3. The topological polar surface area (TPSA) is 41.6 Å². The fraction of sp³-hybridized carbons (Fsp3) is 0.533. The van der Waals surface area contributed by atoms with E-state index in [1.54, 1.807) is 4.90 Å². The average molecular weight is 260 g/mol. The number of carbonyl (C=O) groups is 1. The molecule has 0 aromatic heterocycles. The lowest BCUT2D eigenvalue weighted by molar-refractivity contribution is 0.0587. The van der Waals surface area contributed by atoms with Gasteiger partial charge >= 0.3 is 0 Å². The Morgan fingerprint density at radius 3 is 3.21 bits per heavy atom. The van der Waals surface area contributed by atoms with Crippen molar-refractivity contribution in [2.24, 2.45) is 0 Å². The van der Waals surface area contributed by atoms with Gasteiger partial charge in [0.2, 0.25) is 0 Å². The first kappa shape index (κ1) is 12.5. The first-order valence-corrected chi connectivity index (χ1v) is 6.98. The van der Waals surface area contributed by atoms with Crippen molar-refractivity contribution in [3.05, 3.63) is 29.3 Å². The minimum Gasteiger partial charge on any atom is -0.384 e. The Morgan fingerprint density at radius 2 is 2.42 bits per heavy atom. The summed E-state index contributed by atoms with van der Waals surface area (Å²) in [7, 11) is 1.86. The molecule has 1 amide bonds. The quantitative estimate of drug-likeness (QED) is 0.902. The first-order valence-electron chi connectivity index (χ1n) is 6.98. The number of likely N-dealkylation sites (N-methyl/N-ethyl adjacent to an activating group) is 1. The largest absolute Gasteiger partial charge is 0.384 e. The fourth-order valence-corrected chi connectivity index (χ4v) is 2.83. The molecule has 0 saturated carbocycles. The highest BCUT2D eigenvalue weighted by Gasteiger charge is 2.21. The summed E-state index contributed by atoms with van der Waals surface area (Å²) in [6.45, 7) is 2.49. The van der Waals surface area contributed by atoms with Crippen molar-refractivity contribution in [1.82, 2.24) is 4.90 Å². The number of amides is 1. The van der Waals surface area contributed by atoms with E-state index in [0.29, 0.717) is 6.54 Å². The molecule has 0 aliphatic carbocycles. The summed E-state index contributed by atoms with van der Waals surface area (Å²) in [5.74, 6) is 0.0881. The summed E-state index contributed by atoms with van der Waals surface area (Å²) >= 11 is 0. The Labute approximate surface area is 113 Å². The second-order valence-electron chi connectivity index (χ2n) is 5.37. The highest BCUT2D eigenvalue weighted by molar-refractivity contribution is 5.95. The van der Waals surface area contributed by atoms with E-state index in [0.717, 1.165) is 38.0 Å². The van der Waals surface area contributed by atoms with Crippen molar-refractivity contribution in [1.29, 1.82) is 0 Å². The molecule has 1 unspecified atom stereocenters. The molecule has 0 radical (unpaired) electrons. The van der Waals surface area contributed by atoms with E-state index >= 15 is 0 Å². The Bertz CT molecular complexity index is 481. The standard InChI is InChI=1S/C15H20N2O2/c1-17(10-13-3-2-8-19-13)15(18)12-4-5-14-11(9-12)6-7-16-14/h4-5,9,13,16H,2-3,6-8,10H2,1H3. The third-order valence-electron chi connectivity index (χ3n) is 3.91. The number of benzene rings is 1. The molecule has 1 fully saturated rings. The summed E-state index contributed by atoms with van der Waals surface area (Å²) in [5, 5.41) is 3.31. The number of hydrogen-bond acceptors (Lipinski definition) is 3. The van der Waals surface area contributed by atoms with Gasteiger partial charge in [0.05, 0.1) is 6.10 Å². The molecule has 1 atom stereocenters. The van der Waals surface area contributed by atoms with Crippen LogP contribution in [0.15, 0.2) is 18.2 Å². The van der Waals surface area contributed by atoms with Crippen LogP contribution in [0.4, 0.5) is 5.69 Å². The second-order valence-corrected chi connectivity index (χ2v) is 5.37. The summed E-state index contributed by atoms with van der Waals surface area (Å²) in [4.78, 5) is 14.2. The molecule has 2 aliphatic rings. The van der Waals surface area contributed by atoms with Gasteiger partial charge in [0.25, 0.3) is 5.91 Å². The lowest BCUT2D eigenvalue weighted by Gasteiger charge is -2.21. The Hall–Kier alpha value is -1.55. The lowest BCUT2D eigenvalue weighted by Crippen LogP contribution is -2.34. The minimum atomic E-state index is 0.0881. The van der Waals surface area contributed by atoms with Crippen LogP contribution >= 0.6 is 0 Å². The maximum absolute atomic E-state index is 12.4. The van der Waals surface area contributed by atoms with Crippen LogP contribution in [-0.2, 0) is 11.2 Å². The van der Waals surface area contributed by atoms with Crippen LogP contribution in [-0.4, -0.2) is 43.7 Å². The van der Waals surface area contributed by atoms with Crippen LogP contribution in [0.5, 0.6) is 0 Å². The maximum atomic E-state index is 12.4. The minimum absolute atomic E-state index is 0.0881. The molecule has 19 heavy (non-hydrogen) atoms. The molecule has 1 aromatic carbocycles. The van der Waals surface area contributed by atoms with E-state index in [9.17, 15) is 4.79 Å². The van der Waals surface area contributed by atoms with Crippen LogP contribution in [0.3, 0.4) is 0 Å². The zero-order valence-corrected chi connectivity index (χ0v) is 11.3. The van der Waals surface area contributed by atoms with Crippen LogP contribution in [0.1, 0.15) is 28.8 Å². The number of nitrogens with one attached hydrogen (secondary N) is 1. The summed E-state index contributed by atoms with van der Waals surface area (Å²) in [6.07, 6.45) is 3.39. The van der Waals surface area contributed by atoms with Gasteiger partial charge in [0.1, 0.15) is 0 Å². The number of fused-ring (bicyclic) bond motifs is 1. The Balaban J connectivity index is 1.68. The van der Waals surface area contributed by atoms with Crippen LogP contribution in [0, 0.1) is 0 Å². The number of ether oxygens (including phenoxy) is 1. The van der Waals surface area contributed by atoms with E-state index in [1.165, 1.54) is 11.3 Å². The number of nitrogens with zero attached hydrogens (tertiary/aromatic N) is 1. The van der Waals surface area contributed by atoms with Gasteiger partial charge in [-0.3, -0.25) is 4.79 Å². The van der Waals surface area contributed by atoms with Crippen LogP contribution < -0.4 is 5.32 Å². The van der Waals surface area contributed by atoms with Gasteiger partial charge in [-0.25, -0.2) is 0 Å². The number of anilines is 1. The highest BCUT2D eigenvalue weighted by Crippen LogP contribution is 2.23. The van der Waals surface area contributed by atoms with Crippen molar-refractivity contribution < 1.29 is 9.53 Å². The smallest absolute Gasteiger partial charge is 0.253 e. The number of rotatable bonds is 3. The molecule has 2 heterocycles. The molecule has 1 N–H and O–H groups in total. The van der Waals surface area contributed by atoms with Crippen molar-refractivity contribution in [2.45, 2.75) is 25.4 Å². The Kier molecular flexibility index (Phi) is 3.42. The molecular formula is C15H20N2O2. The van der Waals surface area contributed by atoms with Crippen LogP contribution in [0.25, 0.3) is 0 Å².